The maximum atomic E-state index is 13.0. The summed E-state index contributed by atoms with van der Waals surface area (Å²) < 4.78 is 18.7. The minimum Gasteiger partial charge on any atom is -0.394 e. The zero-order valence-electron chi connectivity index (χ0n) is 14.2. The third kappa shape index (κ3) is 5.33. The van der Waals surface area contributed by atoms with Crippen molar-refractivity contribution in [2.75, 3.05) is 44.2 Å². The topological polar surface area (TPSA) is 82.2 Å². The number of hydrogen-bond acceptors (Lipinski definition) is 6. The monoisotopic (exact) mass is 433 g/mol. The number of anilines is 1. The average molecular weight is 435 g/mol. The summed E-state index contributed by atoms with van der Waals surface area (Å²) in [6.07, 6.45) is -1.56. The van der Waals surface area contributed by atoms with Crippen molar-refractivity contribution in [2.45, 2.75) is 24.4 Å². The molecule has 4 atom stereocenters. The van der Waals surface area contributed by atoms with E-state index < -0.39 is 12.2 Å². The second kappa shape index (κ2) is 11.5. The summed E-state index contributed by atoms with van der Waals surface area (Å²) in [5.74, 6) is -0.237. The summed E-state index contributed by atoms with van der Waals surface area (Å²) in [7, 11) is 0. The zero-order chi connectivity index (χ0) is 16.4. The van der Waals surface area contributed by atoms with Gasteiger partial charge in [-0.2, -0.15) is 0 Å². The number of piperazine rings is 1. The van der Waals surface area contributed by atoms with Crippen molar-refractivity contribution in [1.29, 1.82) is 0 Å². The average Bonchev–Trinajstić information content (AvgIpc) is 2.91. The molecule has 10 heteroatoms. The van der Waals surface area contributed by atoms with Crippen molar-refractivity contribution in [1.82, 2.24) is 4.90 Å². The molecule has 2 saturated heterocycles. The van der Waals surface area contributed by atoms with Gasteiger partial charge in [-0.1, -0.05) is 0 Å². The molecular weight excluding hydrogens is 408 g/mol. The van der Waals surface area contributed by atoms with Gasteiger partial charge >= 0.3 is 0 Å². The Balaban J connectivity index is 0.00000208. The van der Waals surface area contributed by atoms with Crippen LogP contribution in [0.25, 0.3) is 0 Å². The SMILES string of the molecule is Cl.Cl.Cl.NC[C@H]1O[C@@H](CO)[C@@H](O)[C@H]1N1CCN(c2ccc(F)cc2)CC1. The number of benzene rings is 1. The first kappa shape index (κ1) is 25.6. The summed E-state index contributed by atoms with van der Waals surface area (Å²) in [6, 6.07) is 6.30. The predicted octanol–water partition coefficient (Wildman–Crippen LogP) is 0.661. The van der Waals surface area contributed by atoms with Crippen molar-refractivity contribution < 1.29 is 19.3 Å². The molecule has 26 heavy (non-hydrogen) atoms. The maximum Gasteiger partial charge on any atom is 0.123 e. The maximum absolute atomic E-state index is 13.0. The van der Waals surface area contributed by atoms with Gasteiger partial charge in [0.05, 0.1) is 18.8 Å². The lowest BCUT2D eigenvalue weighted by atomic mass is 10.0. The van der Waals surface area contributed by atoms with Crippen LogP contribution in [0.5, 0.6) is 0 Å². The van der Waals surface area contributed by atoms with Crippen LogP contribution in [-0.4, -0.2) is 78.8 Å². The number of hydrogen-bond donors (Lipinski definition) is 3. The highest BCUT2D eigenvalue weighted by Crippen LogP contribution is 2.27. The molecular formula is C16H27Cl3FN3O3. The third-order valence-corrected chi connectivity index (χ3v) is 4.80. The normalized spacial score (nSPS) is 28.7. The molecule has 2 aliphatic heterocycles. The first-order chi connectivity index (χ1) is 11.1. The van der Waals surface area contributed by atoms with Gasteiger partial charge in [0.1, 0.15) is 18.0 Å². The van der Waals surface area contributed by atoms with E-state index in [9.17, 15) is 14.6 Å². The smallest absolute Gasteiger partial charge is 0.123 e. The van der Waals surface area contributed by atoms with Crippen molar-refractivity contribution in [3.8, 4) is 0 Å². The van der Waals surface area contributed by atoms with Gasteiger partial charge in [-0.25, -0.2) is 4.39 Å². The number of nitrogens with two attached hydrogens (primary N) is 1. The summed E-state index contributed by atoms with van der Waals surface area (Å²) in [5.41, 5.74) is 6.75. The lowest BCUT2D eigenvalue weighted by Gasteiger charge is -2.41. The molecule has 152 valence electrons. The number of halogens is 4. The molecule has 2 aliphatic rings. The fourth-order valence-corrected chi connectivity index (χ4v) is 3.55. The highest BCUT2D eigenvalue weighted by atomic mass is 35.5. The van der Waals surface area contributed by atoms with Crippen LogP contribution in [0.1, 0.15) is 0 Å². The fourth-order valence-electron chi connectivity index (χ4n) is 3.55. The Kier molecular flexibility index (Phi) is 11.3. The van der Waals surface area contributed by atoms with E-state index in [2.05, 4.69) is 9.80 Å². The van der Waals surface area contributed by atoms with E-state index in [1.165, 1.54) is 12.1 Å². The van der Waals surface area contributed by atoms with E-state index >= 15 is 0 Å². The Hall–Kier alpha value is -0.380. The largest absolute Gasteiger partial charge is 0.394 e. The number of rotatable bonds is 4. The molecule has 0 aromatic heterocycles. The van der Waals surface area contributed by atoms with Crippen LogP contribution in [0.15, 0.2) is 24.3 Å². The first-order valence-electron chi connectivity index (χ1n) is 8.03. The molecule has 2 fully saturated rings. The van der Waals surface area contributed by atoms with Crippen LogP contribution in [0, 0.1) is 5.82 Å². The Morgan fingerprint density at radius 2 is 1.62 bits per heavy atom. The van der Waals surface area contributed by atoms with Crippen molar-refractivity contribution in [3.63, 3.8) is 0 Å². The van der Waals surface area contributed by atoms with Crippen LogP contribution >= 0.6 is 37.2 Å². The van der Waals surface area contributed by atoms with Crippen LogP contribution in [0.4, 0.5) is 10.1 Å². The predicted molar refractivity (Wildman–Crippen MR) is 107 cm³/mol. The number of nitrogens with zero attached hydrogens (tertiary/aromatic N) is 2. The standard InChI is InChI=1S/C16H24FN3O3.3ClH/c17-11-1-3-12(4-2-11)19-5-7-20(8-6-19)15-13(9-18)23-14(10-21)16(15)22;;;/h1-4,13-16,21-22H,5-10,18H2;3*1H/t13-,14+,15+,16-;;;/m1.../s1. The third-order valence-electron chi connectivity index (χ3n) is 4.80. The number of ether oxygens (including phenoxy) is 1. The molecule has 0 saturated carbocycles. The Morgan fingerprint density at radius 1 is 1.04 bits per heavy atom. The van der Waals surface area contributed by atoms with Gasteiger partial charge in [0, 0.05) is 38.4 Å². The van der Waals surface area contributed by atoms with Crippen LogP contribution in [0.2, 0.25) is 0 Å². The summed E-state index contributed by atoms with van der Waals surface area (Å²) in [4.78, 5) is 4.37. The van der Waals surface area contributed by atoms with E-state index in [1.54, 1.807) is 12.1 Å². The molecule has 1 aromatic rings. The Bertz CT molecular complexity index is 519. The van der Waals surface area contributed by atoms with Gasteiger partial charge in [-0.3, -0.25) is 4.90 Å². The lowest BCUT2D eigenvalue weighted by molar-refractivity contribution is -0.0193. The van der Waals surface area contributed by atoms with Crippen LogP contribution < -0.4 is 10.6 Å². The van der Waals surface area contributed by atoms with E-state index in [0.717, 1.165) is 31.9 Å². The second-order valence-corrected chi connectivity index (χ2v) is 6.11. The quantitative estimate of drug-likeness (QED) is 0.646. The summed E-state index contributed by atoms with van der Waals surface area (Å²) in [5, 5.41) is 19.7. The molecule has 4 N–H and O–H groups in total. The van der Waals surface area contributed by atoms with E-state index in [1.807, 2.05) is 0 Å². The molecule has 0 bridgehead atoms. The van der Waals surface area contributed by atoms with Crippen molar-refractivity contribution in [3.05, 3.63) is 30.1 Å². The van der Waals surface area contributed by atoms with Crippen molar-refractivity contribution >= 4 is 42.9 Å². The summed E-state index contributed by atoms with van der Waals surface area (Å²) >= 11 is 0. The molecule has 6 nitrogen and oxygen atoms in total. The van der Waals surface area contributed by atoms with Crippen molar-refractivity contribution in [2.24, 2.45) is 5.73 Å². The molecule has 2 heterocycles. The van der Waals surface area contributed by atoms with Crippen LogP contribution in [0.3, 0.4) is 0 Å². The van der Waals surface area contributed by atoms with Gasteiger partial charge < -0.3 is 25.6 Å². The molecule has 0 unspecified atom stereocenters. The summed E-state index contributed by atoms with van der Waals surface area (Å²) in [6.45, 7) is 3.21. The molecule has 0 aliphatic carbocycles. The molecule has 0 spiro atoms. The van der Waals surface area contributed by atoms with E-state index in [0.29, 0.717) is 6.54 Å². The first-order valence-corrected chi connectivity index (χ1v) is 8.03. The molecule has 0 amide bonds. The van der Waals surface area contributed by atoms with Gasteiger partial charge in [-0.05, 0) is 24.3 Å². The lowest BCUT2D eigenvalue weighted by Crippen LogP contribution is -2.57. The Labute approximate surface area is 171 Å². The minimum atomic E-state index is -0.731. The zero-order valence-corrected chi connectivity index (χ0v) is 16.7. The molecule has 3 rings (SSSR count). The number of aliphatic hydroxyl groups is 2. The van der Waals surface area contributed by atoms with Gasteiger partial charge in [0.25, 0.3) is 0 Å². The van der Waals surface area contributed by atoms with E-state index in [4.69, 9.17) is 10.5 Å². The highest BCUT2D eigenvalue weighted by Gasteiger charge is 2.46. The Morgan fingerprint density at radius 3 is 2.12 bits per heavy atom. The van der Waals surface area contributed by atoms with E-state index in [-0.39, 0.29) is 61.8 Å². The molecule has 0 radical (unpaired) electrons. The molecule has 1 aromatic carbocycles. The fraction of sp³-hybridized carbons (Fsp3) is 0.625. The number of aliphatic hydroxyl groups excluding tert-OH is 2. The second-order valence-electron chi connectivity index (χ2n) is 6.11. The minimum absolute atomic E-state index is 0. The van der Waals surface area contributed by atoms with Crippen LogP contribution in [-0.2, 0) is 4.74 Å². The van der Waals surface area contributed by atoms with Gasteiger partial charge in [0.15, 0.2) is 0 Å². The van der Waals surface area contributed by atoms with Gasteiger partial charge in [-0.15, -0.1) is 37.2 Å². The van der Waals surface area contributed by atoms with Gasteiger partial charge in [0.2, 0.25) is 0 Å². The highest BCUT2D eigenvalue weighted by molar-refractivity contribution is 5.86.